The first-order valence-corrected chi connectivity index (χ1v) is 15.4. The Morgan fingerprint density at radius 3 is 2.57 bits per heavy atom. The number of esters is 1. The van der Waals surface area contributed by atoms with E-state index in [-0.39, 0.29) is 18.3 Å². The summed E-state index contributed by atoms with van der Waals surface area (Å²) in [4.78, 5) is 32.4. The van der Waals surface area contributed by atoms with Crippen LogP contribution in [0, 0.1) is 0 Å². The number of carbonyl (C=O) groups excluding carboxylic acids is 1. The van der Waals surface area contributed by atoms with Gasteiger partial charge in [-0.2, -0.15) is 0 Å². The number of hydrogen-bond donors (Lipinski definition) is 0. The molecule has 1 aliphatic rings. The zero-order chi connectivity index (χ0) is 31.4. The molecule has 0 radical (unpaired) electrons. The van der Waals surface area contributed by atoms with E-state index < -0.39 is 12.0 Å². The monoisotopic (exact) mass is 632 g/mol. The molecule has 0 aliphatic carbocycles. The summed E-state index contributed by atoms with van der Waals surface area (Å²) in [5.41, 5.74) is 2.95. The lowest BCUT2D eigenvalue weighted by Gasteiger charge is -2.25. The quantitative estimate of drug-likeness (QED) is 0.205. The van der Waals surface area contributed by atoms with Crippen LogP contribution in [0.2, 0.25) is 5.02 Å². The Hall–Kier alpha value is -4.34. The maximum atomic E-state index is 14.0. The Bertz CT molecular complexity index is 1890. The summed E-state index contributed by atoms with van der Waals surface area (Å²) < 4.78 is 24.9. The summed E-state index contributed by atoms with van der Waals surface area (Å²) in [5, 5.41) is 0.667. The number of rotatable bonds is 10. The van der Waals surface area contributed by atoms with Gasteiger partial charge in [0.25, 0.3) is 5.56 Å². The van der Waals surface area contributed by atoms with Gasteiger partial charge in [0.15, 0.2) is 16.3 Å². The molecule has 0 saturated heterocycles. The molecule has 44 heavy (non-hydrogen) atoms. The SMILES string of the molecule is CCOC(=O)C1=C(C)N=c2s/c(=C/c3cccc(OCc4ccc(Cl)cc4)c3)c(=O)n2[C@H]1c1ccc(OC(C)C)c(OC)c1. The van der Waals surface area contributed by atoms with Gasteiger partial charge in [-0.05, 0) is 86.9 Å². The van der Waals surface area contributed by atoms with Crippen LogP contribution < -0.4 is 29.1 Å². The summed E-state index contributed by atoms with van der Waals surface area (Å²) in [6, 6.07) is 19.6. The van der Waals surface area contributed by atoms with E-state index in [2.05, 4.69) is 4.99 Å². The molecular weight excluding hydrogens is 600 g/mol. The van der Waals surface area contributed by atoms with Gasteiger partial charge in [0.1, 0.15) is 12.4 Å². The molecule has 10 heteroatoms. The van der Waals surface area contributed by atoms with Crippen LogP contribution in [0.1, 0.15) is 50.4 Å². The second-order valence-electron chi connectivity index (χ2n) is 10.4. The number of halogens is 1. The summed E-state index contributed by atoms with van der Waals surface area (Å²) in [7, 11) is 1.55. The fraction of sp³-hybridized carbons (Fsp3) is 0.265. The maximum Gasteiger partial charge on any atom is 0.338 e. The minimum absolute atomic E-state index is 0.0639. The van der Waals surface area contributed by atoms with Gasteiger partial charge >= 0.3 is 5.97 Å². The Morgan fingerprint density at radius 1 is 1.09 bits per heavy atom. The minimum atomic E-state index is -0.775. The molecule has 0 unspecified atom stereocenters. The average Bonchev–Trinajstić information content (AvgIpc) is 3.30. The molecule has 0 spiro atoms. The molecule has 1 atom stereocenters. The van der Waals surface area contributed by atoms with Crippen LogP contribution in [0.25, 0.3) is 6.08 Å². The molecule has 4 aromatic rings. The third-order valence-electron chi connectivity index (χ3n) is 6.86. The standard InChI is InChI=1S/C34H33ClN2O6S/c1-6-41-33(39)30-21(4)36-34-37(31(30)24-12-15-27(43-20(2)3)28(18-24)40-5)32(38)29(44-34)17-23-8-7-9-26(16-23)42-19-22-10-13-25(35)14-11-22/h7-18,20,31H,6,19H2,1-5H3/b29-17+/t31-/m0/s1. The largest absolute Gasteiger partial charge is 0.493 e. The van der Waals surface area contributed by atoms with E-state index in [1.807, 2.05) is 68.4 Å². The number of aromatic nitrogens is 1. The third kappa shape index (κ3) is 6.74. The molecule has 1 aliphatic heterocycles. The highest BCUT2D eigenvalue weighted by atomic mass is 35.5. The van der Waals surface area contributed by atoms with Crippen LogP contribution in [0.4, 0.5) is 0 Å². The van der Waals surface area contributed by atoms with Crippen molar-refractivity contribution in [3.8, 4) is 17.2 Å². The van der Waals surface area contributed by atoms with Crippen molar-refractivity contribution in [2.75, 3.05) is 13.7 Å². The fourth-order valence-electron chi connectivity index (χ4n) is 4.91. The van der Waals surface area contributed by atoms with Crippen LogP contribution >= 0.6 is 22.9 Å². The summed E-state index contributed by atoms with van der Waals surface area (Å²) in [6.07, 6.45) is 1.74. The number of benzene rings is 3. The van der Waals surface area contributed by atoms with Gasteiger partial charge in [-0.15, -0.1) is 0 Å². The number of allylic oxidation sites excluding steroid dienone is 1. The van der Waals surface area contributed by atoms with E-state index in [9.17, 15) is 9.59 Å². The lowest BCUT2D eigenvalue weighted by molar-refractivity contribution is -0.139. The molecule has 0 N–H and O–H groups in total. The molecule has 0 amide bonds. The molecule has 0 saturated carbocycles. The van der Waals surface area contributed by atoms with Gasteiger partial charge in [-0.1, -0.05) is 53.3 Å². The Kier molecular flexibility index (Phi) is 9.56. The molecule has 1 aromatic heterocycles. The highest BCUT2D eigenvalue weighted by Gasteiger charge is 2.34. The highest BCUT2D eigenvalue weighted by molar-refractivity contribution is 7.07. The van der Waals surface area contributed by atoms with E-state index in [0.29, 0.717) is 55.0 Å². The van der Waals surface area contributed by atoms with Crippen molar-refractivity contribution in [3.05, 3.63) is 119 Å². The van der Waals surface area contributed by atoms with Crippen LogP contribution in [0.15, 0.2) is 87.8 Å². The Labute approximate surface area is 264 Å². The predicted octanol–water partition coefficient (Wildman–Crippen LogP) is 5.83. The number of nitrogens with zero attached hydrogens (tertiary/aromatic N) is 2. The topological polar surface area (TPSA) is 88.4 Å². The van der Waals surface area contributed by atoms with Gasteiger partial charge in [0.2, 0.25) is 0 Å². The zero-order valence-electron chi connectivity index (χ0n) is 25.1. The molecule has 3 aromatic carbocycles. The van der Waals surface area contributed by atoms with Crippen molar-refractivity contribution >= 4 is 35.0 Å². The minimum Gasteiger partial charge on any atom is -0.493 e. The number of ether oxygens (including phenoxy) is 4. The van der Waals surface area contributed by atoms with E-state index in [1.165, 1.54) is 11.3 Å². The van der Waals surface area contributed by atoms with E-state index in [0.717, 1.165) is 11.1 Å². The van der Waals surface area contributed by atoms with Crippen LogP contribution in [-0.2, 0) is 16.1 Å². The number of fused-ring (bicyclic) bond motifs is 1. The van der Waals surface area contributed by atoms with E-state index in [4.69, 9.17) is 30.5 Å². The summed E-state index contributed by atoms with van der Waals surface area (Å²) >= 11 is 7.25. The van der Waals surface area contributed by atoms with Crippen LogP contribution in [-0.4, -0.2) is 30.4 Å². The van der Waals surface area contributed by atoms with Crippen molar-refractivity contribution in [1.82, 2.24) is 4.57 Å². The van der Waals surface area contributed by atoms with E-state index in [1.54, 1.807) is 43.7 Å². The number of thiazole rings is 1. The summed E-state index contributed by atoms with van der Waals surface area (Å²) in [5.74, 6) is 1.19. The van der Waals surface area contributed by atoms with Crippen molar-refractivity contribution < 1.29 is 23.7 Å². The predicted molar refractivity (Wildman–Crippen MR) is 171 cm³/mol. The van der Waals surface area contributed by atoms with Gasteiger partial charge in [-0.3, -0.25) is 9.36 Å². The average molecular weight is 633 g/mol. The lowest BCUT2D eigenvalue weighted by atomic mass is 9.95. The number of methoxy groups -OCH3 is 1. The van der Waals surface area contributed by atoms with Crippen LogP contribution in [0.3, 0.4) is 0 Å². The smallest absolute Gasteiger partial charge is 0.338 e. The van der Waals surface area contributed by atoms with Gasteiger partial charge < -0.3 is 18.9 Å². The van der Waals surface area contributed by atoms with Crippen molar-refractivity contribution in [2.45, 2.75) is 46.4 Å². The van der Waals surface area contributed by atoms with Crippen LogP contribution in [0.5, 0.6) is 17.2 Å². The summed E-state index contributed by atoms with van der Waals surface area (Å²) in [6.45, 7) is 7.92. The highest BCUT2D eigenvalue weighted by Crippen LogP contribution is 2.36. The van der Waals surface area contributed by atoms with Crippen molar-refractivity contribution in [3.63, 3.8) is 0 Å². The molecular formula is C34H33ClN2O6S. The number of carbonyl (C=O) groups is 1. The zero-order valence-corrected chi connectivity index (χ0v) is 26.7. The first-order valence-electron chi connectivity index (χ1n) is 14.2. The Morgan fingerprint density at radius 2 is 1.86 bits per heavy atom. The lowest BCUT2D eigenvalue weighted by Crippen LogP contribution is -2.40. The second-order valence-corrected chi connectivity index (χ2v) is 11.8. The molecule has 0 fully saturated rings. The first kappa shape index (κ1) is 31.1. The fourth-order valence-corrected chi connectivity index (χ4v) is 6.08. The molecule has 2 heterocycles. The molecule has 5 rings (SSSR count). The maximum absolute atomic E-state index is 14.0. The Balaban J connectivity index is 1.56. The molecule has 228 valence electrons. The van der Waals surface area contributed by atoms with Crippen molar-refractivity contribution in [1.29, 1.82) is 0 Å². The third-order valence-corrected chi connectivity index (χ3v) is 8.09. The molecule has 8 nitrogen and oxygen atoms in total. The second kappa shape index (κ2) is 13.5. The van der Waals surface area contributed by atoms with Gasteiger partial charge in [-0.25, -0.2) is 9.79 Å². The van der Waals surface area contributed by atoms with Crippen molar-refractivity contribution in [2.24, 2.45) is 4.99 Å². The first-order chi connectivity index (χ1) is 21.2. The van der Waals surface area contributed by atoms with Gasteiger partial charge in [0.05, 0.1) is 41.7 Å². The normalized spacial score (nSPS) is 14.7. The van der Waals surface area contributed by atoms with Gasteiger partial charge in [0, 0.05) is 5.02 Å². The van der Waals surface area contributed by atoms with E-state index >= 15 is 0 Å². The number of hydrogen-bond acceptors (Lipinski definition) is 8. The molecule has 0 bridgehead atoms.